The SMILES string of the molecule is CC/C=C\C/C=C\C/C=C\CCCCCCCC(=O)O[C@H](COC(=O)CCCCCCC/C=C\C/C=C\CCCC)COC(=O)CCCCCCCC/C=C\C/C=C\C/C=C\CCCCC. The van der Waals surface area contributed by atoms with E-state index in [-0.39, 0.29) is 31.1 Å². The summed E-state index contributed by atoms with van der Waals surface area (Å²) in [7, 11) is 0. The molecule has 0 unspecified atom stereocenters. The molecule has 0 bridgehead atoms. The van der Waals surface area contributed by atoms with Crippen molar-refractivity contribution < 1.29 is 28.6 Å². The zero-order valence-corrected chi connectivity index (χ0v) is 42.9. The molecule has 0 saturated carbocycles. The van der Waals surface area contributed by atoms with E-state index in [0.29, 0.717) is 19.3 Å². The molecule has 0 aliphatic rings. The van der Waals surface area contributed by atoms with Crippen molar-refractivity contribution in [1.82, 2.24) is 0 Å². The molecule has 0 aromatic carbocycles. The number of unbranched alkanes of at least 4 members (excludes halogenated alkanes) is 21. The molecule has 376 valence electrons. The topological polar surface area (TPSA) is 78.9 Å². The first-order chi connectivity index (χ1) is 32.5. The Morgan fingerprint density at radius 1 is 0.318 bits per heavy atom. The molecule has 0 aliphatic heterocycles. The summed E-state index contributed by atoms with van der Waals surface area (Å²) in [5.74, 6) is -0.940. The van der Waals surface area contributed by atoms with Crippen LogP contribution in [0.4, 0.5) is 0 Å². The number of carbonyl (C=O) groups excluding carboxylic acids is 3. The molecule has 0 spiro atoms. The molecule has 0 saturated heterocycles. The predicted octanol–water partition coefficient (Wildman–Crippen LogP) is 18.1. The Morgan fingerprint density at radius 3 is 0.970 bits per heavy atom. The van der Waals surface area contributed by atoms with Crippen LogP contribution in [0.5, 0.6) is 0 Å². The summed E-state index contributed by atoms with van der Waals surface area (Å²) in [6, 6.07) is 0. The summed E-state index contributed by atoms with van der Waals surface area (Å²) in [4.78, 5) is 38.1. The number of allylic oxidation sites excluding steroid dienone is 16. The van der Waals surface area contributed by atoms with Crippen molar-refractivity contribution in [3.8, 4) is 0 Å². The normalized spacial score (nSPS) is 12.8. The number of esters is 3. The predicted molar refractivity (Wildman–Crippen MR) is 284 cm³/mol. The smallest absolute Gasteiger partial charge is 0.306 e. The van der Waals surface area contributed by atoms with Crippen molar-refractivity contribution in [1.29, 1.82) is 0 Å². The van der Waals surface area contributed by atoms with E-state index in [1.807, 2.05) is 0 Å². The Labute approximate surface area is 407 Å². The summed E-state index contributed by atoms with van der Waals surface area (Å²) in [6.07, 6.45) is 71.0. The highest BCUT2D eigenvalue weighted by Crippen LogP contribution is 2.13. The third-order valence-corrected chi connectivity index (χ3v) is 11.3. The quantitative estimate of drug-likeness (QED) is 0.0262. The highest BCUT2D eigenvalue weighted by atomic mass is 16.6. The molecule has 0 aromatic rings. The Kier molecular flexibility index (Phi) is 50.9. The van der Waals surface area contributed by atoms with Gasteiger partial charge < -0.3 is 14.2 Å². The third kappa shape index (κ3) is 51.3. The van der Waals surface area contributed by atoms with Crippen molar-refractivity contribution in [2.45, 2.75) is 252 Å². The molecule has 0 aromatic heterocycles. The zero-order valence-electron chi connectivity index (χ0n) is 42.9. The molecule has 0 fully saturated rings. The van der Waals surface area contributed by atoms with Gasteiger partial charge in [-0.25, -0.2) is 0 Å². The summed E-state index contributed by atoms with van der Waals surface area (Å²) >= 11 is 0. The van der Waals surface area contributed by atoms with Gasteiger partial charge in [0.2, 0.25) is 0 Å². The van der Waals surface area contributed by atoms with Crippen LogP contribution in [0.1, 0.15) is 245 Å². The Bertz CT molecular complexity index is 1330. The largest absolute Gasteiger partial charge is 0.462 e. The lowest BCUT2D eigenvalue weighted by Crippen LogP contribution is -2.30. The average molecular weight is 917 g/mol. The first-order valence-electron chi connectivity index (χ1n) is 27.2. The fourth-order valence-corrected chi connectivity index (χ4v) is 7.18. The van der Waals surface area contributed by atoms with E-state index >= 15 is 0 Å². The van der Waals surface area contributed by atoms with Gasteiger partial charge in [0, 0.05) is 19.3 Å². The minimum Gasteiger partial charge on any atom is -0.462 e. The monoisotopic (exact) mass is 917 g/mol. The molecule has 0 aliphatic carbocycles. The van der Waals surface area contributed by atoms with Gasteiger partial charge in [-0.05, 0) is 116 Å². The molecule has 0 amide bonds. The Hall–Kier alpha value is -3.67. The van der Waals surface area contributed by atoms with Crippen molar-refractivity contribution in [3.63, 3.8) is 0 Å². The van der Waals surface area contributed by atoms with Crippen molar-refractivity contribution in [3.05, 3.63) is 97.2 Å². The zero-order chi connectivity index (χ0) is 47.9. The second-order valence-electron chi connectivity index (χ2n) is 17.7. The standard InChI is InChI=1S/C60H100O6/c1-4-7-10-13-16-19-22-25-28-29-30-31-33-35-38-41-44-47-50-53-59(62)65-56-57(55-64-58(61)52-49-46-43-40-37-34-27-24-21-18-15-12-9-6-3)66-60(63)54-51-48-45-42-39-36-32-26-23-20-17-14-11-8-5-2/h8,11,15-20,24-28,30-32,57H,4-7,9-10,12-14,21-23,29,33-56H2,1-3H3/b11-8-,18-15-,19-16-,20-17-,27-24-,28-25-,31-30-,32-26-/t57-/m1/s1. The van der Waals surface area contributed by atoms with Crippen LogP contribution >= 0.6 is 0 Å². The number of rotatable bonds is 48. The van der Waals surface area contributed by atoms with Gasteiger partial charge in [-0.1, -0.05) is 208 Å². The molecule has 0 rings (SSSR count). The van der Waals surface area contributed by atoms with Gasteiger partial charge in [0.15, 0.2) is 6.10 Å². The lowest BCUT2D eigenvalue weighted by Gasteiger charge is -2.18. The van der Waals surface area contributed by atoms with Gasteiger partial charge in [0.25, 0.3) is 0 Å². The van der Waals surface area contributed by atoms with E-state index in [2.05, 4.69) is 118 Å². The minimum atomic E-state index is -0.799. The molecule has 6 heteroatoms. The van der Waals surface area contributed by atoms with E-state index in [1.54, 1.807) is 0 Å². The molecule has 0 radical (unpaired) electrons. The molecule has 6 nitrogen and oxygen atoms in total. The van der Waals surface area contributed by atoms with E-state index in [4.69, 9.17) is 14.2 Å². The summed E-state index contributed by atoms with van der Waals surface area (Å²) < 4.78 is 16.8. The maximum Gasteiger partial charge on any atom is 0.306 e. The van der Waals surface area contributed by atoms with Crippen LogP contribution in [0.2, 0.25) is 0 Å². The Morgan fingerprint density at radius 2 is 0.606 bits per heavy atom. The van der Waals surface area contributed by atoms with Gasteiger partial charge in [0.1, 0.15) is 13.2 Å². The lowest BCUT2D eigenvalue weighted by atomic mass is 10.1. The van der Waals surface area contributed by atoms with E-state index < -0.39 is 6.10 Å². The molecular weight excluding hydrogens is 817 g/mol. The van der Waals surface area contributed by atoms with Crippen molar-refractivity contribution in [2.75, 3.05) is 13.2 Å². The number of carbonyl (C=O) groups is 3. The van der Waals surface area contributed by atoms with Gasteiger partial charge >= 0.3 is 17.9 Å². The van der Waals surface area contributed by atoms with Crippen LogP contribution in [-0.4, -0.2) is 37.2 Å². The second kappa shape index (κ2) is 53.9. The van der Waals surface area contributed by atoms with Gasteiger partial charge in [-0.3, -0.25) is 14.4 Å². The number of ether oxygens (including phenoxy) is 3. The Balaban J connectivity index is 4.45. The molecule has 1 atom stereocenters. The third-order valence-electron chi connectivity index (χ3n) is 11.3. The maximum absolute atomic E-state index is 12.8. The fourth-order valence-electron chi connectivity index (χ4n) is 7.18. The summed E-state index contributed by atoms with van der Waals surface area (Å²) in [5, 5.41) is 0. The van der Waals surface area contributed by atoms with Crippen LogP contribution in [0.15, 0.2) is 97.2 Å². The first kappa shape index (κ1) is 62.3. The van der Waals surface area contributed by atoms with Gasteiger partial charge in [-0.15, -0.1) is 0 Å². The van der Waals surface area contributed by atoms with Gasteiger partial charge in [-0.2, -0.15) is 0 Å². The molecular formula is C60H100O6. The number of hydrogen-bond donors (Lipinski definition) is 0. The van der Waals surface area contributed by atoms with Crippen LogP contribution in [0, 0.1) is 0 Å². The maximum atomic E-state index is 12.8. The summed E-state index contributed by atoms with van der Waals surface area (Å²) in [5.41, 5.74) is 0. The second-order valence-corrected chi connectivity index (χ2v) is 17.7. The van der Waals surface area contributed by atoms with Crippen LogP contribution in [-0.2, 0) is 28.6 Å². The van der Waals surface area contributed by atoms with Crippen LogP contribution in [0.25, 0.3) is 0 Å². The van der Waals surface area contributed by atoms with Crippen molar-refractivity contribution >= 4 is 17.9 Å². The summed E-state index contributed by atoms with van der Waals surface area (Å²) in [6.45, 7) is 6.42. The minimum absolute atomic E-state index is 0.0971. The van der Waals surface area contributed by atoms with Gasteiger partial charge in [0.05, 0.1) is 0 Å². The van der Waals surface area contributed by atoms with Crippen LogP contribution < -0.4 is 0 Å². The van der Waals surface area contributed by atoms with E-state index in [1.165, 1.54) is 64.2 Å². The highest BCUT2D eigenvalue weighted by molar-refractivity contribution is 5.71. The van der Waals surface area contributed by atoms with E-state index in [9.17, 15) is 14.4 Å². The van der Waals surface area contributed by atoms with Crippen molar-refractivity contribution in [2.24, 2.45) is 0 Å². The highest BCUT2D eigenvalue weighted by Gasteiger charge is 2.19. The molecule has 0 heterocycles. The van der Waals surface area contributed by atoms with Crippen LogP contribution in [0.3, 0.4) is 0 Å². The average Bonchev–Trinajstić information content (AvgIpc) is 3.31. The molecule has 0 N–H and O–H groups in total. The number of hydrogen-bond acceptors (Lipinski definition) is 6. The van der Waals surface area contributed by atoms with E-state index in [0.717, 1.165) is 141 Å². The lowest BCUT2D eigenvalue weighted by molar-refractivity contribution is -0.167. The fraction of sp³-hybridized carbons (Fsp3) is 0.683. The first-order valence-corrected chi connectivity index (χ1v) is 27.2. The molecule has 66 heavy (non-hydrogen) atoms.